The van der Waals surface area contributed by atoms with E-state index in [9.17, 15) is 8.78 Å². The van der Waals surface area contributed by atoms with E-state index in [0.717, 1.165) is 19.4 Å². The summed E-state index contributed by atoms with van der Waals surface area (Å²) in [5.41, 5.74) is 0.810. The van der Waals surface area contributed by atoms with Crippen LogP contribution in [0.1, 0.15) is 50.8 Å². The number of hydrogen-bond donors (Lipinski definition) is 1. The highest BCUT2D eigenvalue weighted by Crippen LogP contribution is 2.30. The van der Waals surface area contributed by atoms with Gasteiger partial charge in [-0.25, -0.2) is 8.78 Å². The van der Waals surface area contributed by atoms with E-state index in [-0.39, 0.29) is 6.04 Å². The van der Waals surface area contributed by atoms with Crippen molar-refractivity contribution in [3.05, 3.63) is 34.9 Å². The molecule has 0 aromatic heterocycles. The van der Waals surface area contributed by atoms with Crippen molar-refractivity contribution in [2.45, 2.75) is 46.6 Å². The van der Waals surface area contributed by atoms with Gasteiger partial charge in [0.05, 0.1) is 0 Å². The Morgan fingerprint density at radius 3 is 2.17 bits per heavy atom. The van der Waals surface area contributed by atoms with Crippen LogP contribution in [0.15, 0.2) is 12.1 Å². The molecular formula is C15H23F2N. The third-order valence-corrected chi connectivity index (χ3v) is 3.58. The third-order valence-electron chi connectivity index (χ3n) is 3.58. The normalized spacial score (nSPS) is 13.1. The molecule has 1 unspecified atom stereocenters. The van der Waals surface area contributed by atoms with Crippen LogP contribution < -0.4 is 5.32 Å². The monoisotopic (exact) mass is 255 g/mol. The minimum absolute atomic E-state index is 0.111. The minimum atomic E-state index is -0.721. The van der Waals surface area contributed by atoms with Gasteiger partial charge in [0.15, 0.2) is 11.6 Å². The van der Waals surface area contributed by atoms with Crippen LogP contribution in [-0.2, 0) is 0 Å². The molecule has 1 N–H and O–H groups in total. The Labute approximate surface area is 109 Å². The Kier molecular flexibility index (Phi) is 5.73. The fraction of sp³-hybridized carbons (Fsp3) is 0.600. The van der Waals surface area contributed by atoms with Crippen LogP contribution in [-0.4, -0.2) is 6.54 Å². The van der Waals surface area contributed by atoms with Crippen molar-refractivity contribution in [1.82, 2.24) is 5.32 Å². The van der Waals surface area contributed by atoms with Crippen molar-refractivity contribution >= 4 is 0 Å². The maximum atomic E-state index is 14.1. The van der Waals surface area contributed by atoms with Crippen LogP contribution in [0.5, 0.6) is 0 Å². The lowest BCUT2D eigenvalue weighted by atomic mass is 9.88. The summed E-state index contributed by atoms with van der Waals surface area (Å²) in [6.45, 7) is 8.48. The van der Waals surface area contributed by atoms with Gasteiger partial charge in [0, 0.05) is 11.6 Å². The summed E-state index contributed by atoms with van der Waals surface area (Å²) in [6, 6.07) is 3.25. The minimum Gasteiger partial charge on any atom is -0.310 e. The first kappa shape index (κ1) is 15.1. The van der Waals surface area contributed by atoms with Gasteiger partial charge in [0.1, 0.15) is 0 Å². The van der Waals surface area contributed by atoms with Gasteiger partial charge in [-0.05, 0) is 24.9 Å². The summed E-state index contributed by atoms with van der Waals surface area (Å²) in [5, 5.41) is 3.28. The van der Waals surface area contributed by atoms with Crippen LogP contribution in [0.4, 0.5) is 8.78 Å². The topological polar surface area (TPSA) is 12.0 Å². The molecule has 0 heterocycles. The van der Waals surface area contributed by atoms with Gasteiger partial charge in [-0.15, -0.1) is 0 Å². The van der Waals surface area contributed by atoms with Crippen LogP contribution in [0.2, 0.25) is 0 Å². The summed E-state index contributed by atoms with van der Waals surface area (Å²) < 4.78 is 27.7. The van der Waals surface area contributed by atoms with Crippen LogP contribution in [0, 0.1) is 24.5 Å². The zero-order valence-electron chi connectivity index (χ0n) is 11.7. The Bertz CT molecular complexity index is 386. The van der Waals surface area contributed by atoms with Crippen molar-refractivity contribution in [2.24, 2.45) is 5.92 Å². The number of aryl methyl sites for hydroxylation is 1. The highest BCUT2D eigenvalue weighted by molar-refractivity contribution is 5.28. The molecule has 1 atom stereocenters. The Balaban J connectivity index is 3.17. The van der Waals surface area contributed by atoms with E-state index in [2.05, 4.69) is 19.2 Å². The average Bonchev–Trinajstić information content (AvgIpc) is 2.37. The predicted octanol–water partition coefficient (Wildman–Crippen LogP) is 4.36. The summed E-state index contributed by atoms with van der Waals surface area (Å²) >= 11 is 0. The molecule has 0 bridgehead atoms. The molecule has 102 valence electrons. The highest BCUT2D eigenvalue weighted by Gasteiger charge is 2.24. The van der Waals surface area contributed by atoms with E-state index in [0.29, 0.717) is 17.0 Å². The average molecular weight is 255 g/mol. The summed E-state index contributed by atoms with van der Waals surface area (Å²) in [7, 11) is 0. The summed E-state index contributed by atoms with van der Waals surface area (Å²) in [5.74, 6) is -1.10. The third kappa shape index (κ3) is 3.08. The van der Waals surface area contributed by atoms with Crippen LogP contribution >= 0.6 is 0 Å². The largest absolute Gasteiger partial charge is 0.310 e. The summed E-state index contributed by atoms with van der Waals surface area (Å²) in [6.07, 6.45) is 1.90. The standard InChI is InChI=1S/C15H23F2N/c1-5-11(6-2)15(18-7-3)12-9-8-10(4)13(16)14(12)17/h8-9,11,15,18H,5-7H2,1-4H3. The second kappa shape index (κ2) is 6.83. The molecule has 3 heteroatoms. The Hall–Kier alpha value is -0.960. The molecule has 0 aliphatic carbocycles. The van der Waals surface area contributed by atoms with Gasteiger partial charge in [-0.1, -0.05) is 45.7 Å². The number of hydrogen-bond acceptors (Lipinski definition) is 1. The highest BCUT2D eigenvalue weighted by atomic mass is 19.2. The molecule has 1 aromatic rings. The maximum absolute atomic E-state index is 14.1. The zero-order valence-corrected chi connectivity index (χ0v) is 11.7. The van der Waals surface area contributed by atoms with Gasteiger partial charge in [-0.3, -0.25) is 0 Å². The van der Waals surface area contributed by atoms with E-state index >= 15 is 0 Å². The molecule has 0 aliphatic heterocycles. The number of nitrogens with one attached hydrogen (secondary N) is 1. The molecule has 0 aliphatic rings. The van der Waals surface area contributed by atoms with Crippen molar-refractivity contribution in [2.75, 3.05) is 6.54 Å². The molecular weight excluding hydrogens is 232 g/mol. The number of benzene rings is 1. The summed E-state index contributed by atoms with van der Waals surface area (Å²) in [4.78, 5) is 0. The molecule has 18 heavy (non-hydrogen) atoms. The maximum Gasteiger partial charge on any atom is 0.163 e. The predicted molar refractivity (Wildman–Crippen MR) is 71.6 cm³/mol. The van der Waals surface area contributed by atoms with E-state index in [4.69, 9.17) is 0 Å². The van der Waals surface area contributed by atoms with E-state index in [1.165, 1.54) is 0 Å². The van der Waals surface area contributed by atoms with Gasteiger partial charge in [0.25, 0.3) is 0 Å². The van der Waals surface area contributed by atoms with Crippen molar-refractivity contribution in [1.29, 1.82) is 0 Å². The van der Waals surface area contributed by atoms with Gasteiger partial charge < -0.3 is 5.32 Å². The molecule has 0 radical (unpaired) electrons. The Morgan fingerprint density at radius 2 is 1.67 bits per heavy atom. The van der Waals surface area contributed by atoms with Gasteiger partial charge in [-0.2, -0.15) is 0 Å². The quantitative estimate of drug-likeness (QED) is 0.796. The second-order valence-corrected chi connectivity index (χ2v) is 4.71. The Morgan fingerprint density at radius 1 is 1.06 bits per heavy atom. The van der Waals surface area contributed by atoms with E-state index < -0.39 is 11.6 Å². The van der Waals surface area contributed by atoms with Gasteiger partial charge >= 0.3 is 0 Å². The van der Waals surface area contributed by atoms with E-state index in [1.807, 2.05) is 6.92 Å². The lowest BCUT2D eigenvalue weighted by Crippen LogP contribution is -2.29. The molecule has 1 aromatic carbocycles. The molecule has 0 saturated heterocycles. The number of halogens is 2. The zero-order chi connectivity index (χ0) is 13.7. The lowest BCUT2D eigenvalue weighted by molar-refractivity contribution is 0.333. The van der Waals surface area contributed by atoms with Crippen molar-refractivity contribution < 1.29 is 8.78 Å². The molecule has 0 fully saturated rings. The first-order valence-electron chi connectivity index (χ1n) is 6.74. The van der Waals surface area contributed by atoms with Crippen molar-refractivity contribution in [3.8, 4) is 0 Å². The molecule has 0 saturated carbocycles. The lowest BCUT2D eigenvalue weighted by Gasteiger charge is -2.27. The molecule has 0 amide bonds. The molecule has 0 spiro atoms. The molecule has 1 rings (SSSR count). The van der Waals surface area contributed by atoms with Gasteiger partial charge in [0.2, 0.25) is 0 Å². The molecule has 1 nitrogen and oxygen atoms in total. The first-order chi connectivity index (χ1) is 8.56. The SMILES string of the molecule is CCNC(c1ccc(C)c(F)c1F)C(CC)CC. The van der Waals surface area contributed by atoms with E-state index in [1.54, 1.807) is 19.1 Å². The van der Waals surface area contributed by atoms with Crippen LogP contribution in [0.3, 0.4) is 0 Å². The number of rotatable bonds is 6. The van der Waals surface area contributed by atoms with Crippen LogP contribution in [0.25, 0.3) is 0 Å². The van der Waals surface area contributed by atoms with Crippen molar-refractivity contribution in [3.63, 3.8) is 0 Å². The fourth-order valence-electron chi connectivity index (χ4n) is 2.41. The first-order valence-corrected chi connectivity index (χ1v) is 6.74. The fourth-order valence-corrected chi connectivity index (χ4v) is 2.41. The smallest absolute Gasteiger partial charge is 0.163 e. The second-order valence-electron chi connectivity index (χ2n) is 4.71.